The molecule has 0 aliphatic carbocycles. The number of thiazole rings is 2. The zero-order chi connectivity index (χ0) is 17.1. The topological polar surface area (TPSA) is 58.1 Å². The number of aromatic nitrogens is 2. The van der Waals surface area contributed by atoms with E-state index in [9.17, 15) is 4.79 Å². The maximum Gasteiger partial charge on any atom is 0.276 e. The van der Waals surface area contributed by atoms with E-state index in [1.165, 1.54) is 41.9 Å². The van der Waals surface area contributed by atoms with Gasteiger partial charge in [0, 0.05) is 17.3 Å². The lowest BCUT2D eigenvalue weighted by molar-refractivity contribution is 0.102. The van der Waals surface area contributed by atoms with Crippen molar-refractivity contribution in [2.75, 3.05) is 18.4 Å². The SMILES string of the molecule is O=C(Nc1nc(CN2CCCCC2)cs1)c1csc(-c2cccs2)n1. The Hall–Kier alpha value is -1.61. The molecule has 5 nitrogen and oxygen atoms in total. The van der Waals surface area contributed by atoms with Crippen molar-refractivity contribution in [3.8, 4) is 9.88 Å². The number of likely N-dealkylation sites (tertiary alicyclic amines) is 1. The molecular weight excluding hydrogens is 372 g/mol. The number of thiophene rings is 1. The lowest BCUT2D eigenvalue weighted by atomic mass is 10.1. The molecule has 4 rings (SSSR count). The predicted molar refractivity (Wildman–Crippen MR) is 105 cm³/mol. The highest BCUT2D eigenvalue weighted by Gasteiger charge is 2.16. The third-order valence-corrected chi connectivity index (χ3v) is 6.76. The molecule has 8 heteroatoms. The van der Waals surface area contributed by atoms with Crippen LogP contribution in [-0.4, -0.2) is 33.9 Å². The molecule has 3 aromatic heterocycles. The number of carbonyl (C=O) groups excluding carboxylic acids is 1. The molecule has 1 fully saturated rings. The van der Waals surface area contributed by atoms with E-state index in [0.717, 1.165) is 35.2 Å². The van der Waals surface area contributed by atoms with E-state index >= 15 is 0 Å². The monoisotopic (exact) mass is 390 g/mol. The quantitative estimate of drug-likeness (QED) is 0.693. The van der Waals surface area contributed by atoms with Crippen molar-refractivity contribution >= 4 is 45.0 Å². The summed E-state index contributed by atoms with van der Waals surface area (Å²) in [6.07, 6.45) is 3.87. The summed E-state index contributed by atoms with van der Waals surface area (Å²) in [5.41, 5.74) is 1.47. The number of rotatable bonds is 5. The van der Waals surface area contributed by atoms with E-state index in [1.54, 1.807) is 16.7 Å². The second-order valence-electron chi connectivity index (χ2n) is 5.95. The van der Waals surface area contributed by atoms with E-state index in [-0.39, 0.29) is 5.91 Å². The average Bonchev–Trinajstić information content (AvgIpc) is 3.37. The van der Waals surface area contributed by atoms with E-state index < -0.39 is 0 Å². The number of hydrogen-bond donors (Lipinski definition) is 1. The normalized spacial score (nSPS) is 15.4. The van der Waals surface area contributed by atoms with Crippen LogP contribution in [0.15, 0.2) is 28.3 Å². The van der Waals surface area contributed by atoms with Crippen LogP contribution < -0.4 is 5.32 Å². The Bertz CT molecular complexity index is 834. The highest BCUT2D eigenvalue weighted by Crippen LogP contribution is 2.28. The fourth-order valence-electron chi connectivity index (χ4n) is 2.84. The van der Waals surface area contributed by atoms with Gasteiger partial charge in [-0.15, -0.1) is 34.0 Å². The minimum atomic E-state index is -0.196. The highest BCUT2D eigenvalue weighted by molar-refractivity contribution is 7.20. The first-order valence-corrected chi connectivity index (χ1v) is 10.9. The van der Waals surface area contributed by atoms with Crippen molar-refractivity contribution in [2.45, 2.75) is 25.8 Å². The van der Waals surface area contributed by atoms with Crippen LogP contribution in [0.2, 0.25) is 0 Å². The largest absolute Gasteiger partial charge is 0.297 e. The number of nitrogens with one attached hydrogen (secondary N) is 1. The van der Waals surface area contributed by atoms with Gasteiger partial charge in [0.15, 0.2) is 5.13 Å². The second-order valence-corrected chi connectivity index (χ2v) is 8.61. The van der Waals surface area contributed by atoms with Gasteiger partial charge < -0.3 is 0 Å². The number of amides is 1. The molecule has 4 heterocycles. The van der Waals surface area contributed by atoms with Gasteiger partial charge in [0.25, 0.3) is 5.91 Å². The van der Waals surface area contributed by atoms with Gasteiger partial charge in [0.2, 0.25) is 0 Å². The summed E-state index contributed by atoms with van der Waals surface area (Å²) in [5, 5.41) is 10.2. The molecule has 0 spiro atoms. The fourth-order valence-corrected chi connectivity index (χ4v) is 5.15. The summed E-state index contributed by atoms with van der Waals surface area (Å²) in [4.78, 5) is 24.9. The van der Waals surface area contributed by atoms with E-state index in [4.69, 9.17) is 0 Å². The number of nitrogens with zero attached hydrogens (tertiary/aromatic N) is 3. The smallest absolute Gasteiger partial charge is 0.276 e. The van der Waals surface area contributed by atoms with Crippen LogP contribution in [-0.2, 0) is 6.54 Å². The maximum absolute atomic E-state index is 12.4. The van der Waals surface area contributed by atoms with E-state index in [1.807, 2.05) is 22.9 Å². The Kier molecular flexibility index (Phi) is 5.21. The average molecular weight is 391 g/mol. The van der Waals surface area contributed by atoms with E-state index in [2.05, 4.69) is 20.2 Å². The molecule has 1 amide bonds. The molecular formula is C17H18N4OS3. The van der Waals surface area contributed by atoms with Crippen molar-refractivity contribution in [3.63, 3.8) is 0 Å². The highest BCUT2D eigenvalue weighted by atomic mass is 32.1. The first-order valence-electron chi connectivity index (χ1n) is 8.25. The number of hydrogen-bond acceptors (Lipinski definition) is 7. The van der Waals surface area contributed by atoms with Gasteiger partial charge in [-0.3, -0.25) is 15.0 Å². The van der Waals surface area contributed by atoms with Crippen LogP contribution in [0.25, 0.3) is 9.88 Å². The van der Waals surface area contributed by atoms with Crippen LogP contribution >= 0.6 is 34.0 Å². The second kappa shape index (κ2) is 7.74. The van der Waals surface area contributed by atoms with Crippen LogP contribution in [0.1, 0.15) is 35.4 Å². The van der Waals surface area contributed by atoms with Gasteiger partial charge >= 0.3 is 0 Å². The minimum absolute atomic E-state index is 0.196. The van der Waals surface area contributed by atoms with Crippen LogP contribution in [0.4, 0.5) is 5.13 Å². The Labute approximate surface area is 158 Å². The van der Waals surface area contributed by atoms with Gasteiger partial charge in [-0.2, -0.15) is 0 Å². The molecule has 1 N–H and O–H groups in total. The van der Waals surface area contributed by atoms with Crippen LogP contribution in [0, 0.1) is 0 Å². The van der Waals surface area contributed by atoms with E-state index in [0.29, 0.717) is 10.8 Å². The standard InChI is InChI=1S/C17H18N4OS3/c22-15(13-11-24-16(19-13)14-5-4-8-23-14)20-17-18-12(10-25-17)9-21-6-2-1-3-7-21/h4-5,8,10-11H,1-3,6-7,9H2,(H,18,20,22). The summed E-state index contributed by atoms with van der Waals surface area (Å²) in [5.74, 6) is -0.196. The Morgan fingerprint density at radius 1 is 1.12 bits per heavy atom. The van der Waals surface area contributed by atoms with Gasteiger partial charge in [0.05, 0.1) is 10.6 Å². The van der Waals surface area contributed by atoms with Crippen molar-refractivity contribution in [2.24, 2.45) is 0 Å². The molecule has 1 aliphatic rings. The number of piperidine rings is 1. The summed E-state index contributed by atoms with van der Waals surface area (Å²) in [6.45, 7) is 3.15. The molecule has 0 bridgehead atoms. The first kappa shape index (κ1) is 16.8. The third kappa shape index (κ3) is 4.14. The zero-order valence-corrected chi connectivity index (χ0v) is 16.1. The third-order valence-electron chi connectivity index (χ3n) is 4.08. The molecule has 0 unspecified atom stereocenters. The Morgan fingerprint density at radius 2 is 2.00 bits per heavy atom. The molecule has 0 radical (unpaired) electrons. The van der Waals surface area contributed by atoms with Gasteiger partial charge in [0.1, 0.15) is 10.7 Å². The van der Waals surface area contributed by atoms with Crippen LogP contribution in [0.5, 0.6) is 0 Å². The fraction of sp³-hybridized carbons (Fsp3) is 0.353. The molecule has 1 saturated heterocycles. The predicted octanol–water partition coefficient (Wildman–Crippen LogP) is 4.57. The van der Waals surface area contributed by atoms with Crippen molar-refractivity contribution in [1.82, 2.24) is 14.9 Å². The molecule has 0 saturated carbocycles. The minimum Gasteiger partial charge on any atom is -0.297 e. The molecule has 1 aliphatic heterocycles. The van der Waals surface area contributed by atoms with Crippen molar-refractivity contribution in [3.05, 3.63) is 39.7 Å². The first-order chi connectivity index (χ1) is 12.3. The summed E-state index contributed by atoms with van der Waals surface area (Å²) >= 11 is 4.59. The van der Waals surface area contributed by atoms with Crippen LogP contribution in [0.3, 0.4) is 0 Å². The van der Waals surface area contributed by atoms with Gasteiger partial charge in [-0.05, 0) is 37.4 Å². The summed E-state index contributed by atoms with van der Waals surface area (Å²) < 4.78 is 0. The van der Waals surface area contributed by atoms with Gasteiger partial charge in [-0.25, -0.2) is 9.97 Å². The molecule has 25 heavy (non-hydrogen) atoms. The molecule has 0 aromatic carbocycles. The van der Waals surface area contributed by atoms with Crippen molar-refractivity contribution < 1.29 is 4.79 Å². The lowest BCUT2D eigenvalue weighted by Gasteiger charge is -2.25. The zero-order valence-electron chi connectivity index (χ0n) is 13.6. The number of carbonyl (C=O) groups is 1. The molecule has 130 valence electrons. The molecule has 3 aromatic rings. The lowest BCUT2D eigenvalue weighted by Crippen LogP contribution is -2.29. The number of anilines is 1. The summed E-state index contributed by atoms with van der Waals surface area (Å²) in [7, 11) is 0. The Balaban J connectivity index is 1.38. The maximum atomic E-state index is 12.4. The van der Waals surface area contributed by atoms with Gasteiger partial charge in [-0.1, -0.05) is 12.5 Å². The molecule has 0 atom stereocenters. The van der Waals surface area contributed by atoms with Crippen molar-refractivity contribution in [1.29, 1.82) is 0 Å². The summed E-state index contributed by atoms with van der Waals surface area (Å²) in [6, 6.07) is 4.00. The Morgan fingerprint density at radius 3 is 2.80 bits per heavy atom.